The summed E-state index contributed by atoms with van der Waals surface area (Å²) in [5.74, 6) is -36.7. The van der Waals surface area contributed by atoms with E-state index in [0.29, 0.717) is 0 Å². The van der Waals surface area contributed by atoms with Gasteiger partial charge in [0.2, 0.25) is 0 Å². The highest BCUT2D eigenvalue weighted by Crippen LogP contribution is 2.60. The average Bonchev–Trinajstić information content (AvgIpc) is 2.36. The molecule has 0 aromatic heterocycles. The van der Waals surface area contributed by atoms with E-state index in [1.165, 1.54) is 0 Å². The first-order chi connectivity index (χ1) is 10.3. The molecule has 0 aliphatic heterocycles. The van der Waals surface area contributed by atoms with Crippen LogP contribution in [0.4, 0.5) is 57.1 Å². The Hall–Kier alpha value is -1.42. The number of hydrogen-bond acceptors (Lipinski definition) is 1. The minimum Gasteiger partial charge on any atom is -0.200 e. The zero-order valence-electron chi connectivity index (χ0n) is 11.0. The Morgan fingerprint density at radius 3 is 1.29 bits per heavy atom. The number of unbranched alkanes of at least 4 members (excludes halogenated alkanes) is 1. The summed E-state index contributed by atoms with van der Waals surface area (Å²) in [6.45, 7) is 0. The summed E-state index contributed by atoms with van der Waals surface area (Å²) in [7, 11) is 0. The maximum atomic E-state index is 13.1. The second kappa shape index (κ2) is 6.14. The summed E-state index contributed by atoms with van der Waals surface area (Å²) < 4.78 is 164. The molecule has 0 spiro atoms. The zero-order chi connectivity index (χ0) is 19.8. The van der Waals surface area contributed by atoms with Crippen LogP contribution in [0.2, 0.25) is 0 Å². The monoisotopic (exact) mass is 387 g/mol. The molecule has 14 heteroatoms. The minimum atomic E-state index is -7.87. The molecule has 0 unspecified atom stereocenters. The maximum Gasteiger partial charge on any atom is 0.460 e. The van der Waals surface area contributed by atoms with Crippen molar-refractivity contribution >= 4 is 0 Å². The van der Waals surface area contributed by atoms with Crippen LogP contribution in [-0.2, 0) is 0 Å². The van der Waals surface area contributed by atoms with Gasteiger partial charge in [0.1, 0.15) is 0 Å². The average molecular weight is 387 g/mol. The zero-order valence-corrected chi connectivity index (χ0v) is 11.0. The van der Waals surface area contributed by atoms with Gasteiger partial charge < -0.3 is 0 Å². The Bertz CT molecular complexity index is 484. The molecule has 0 bridgehead atoms. The van der Waals surface area contributed by atoms with Crippen LogP contribution in [0.1, 0.15) is 19.3 Å². The highest BCUT2D eigenvalue weighted by atomic mass is 19.4. The Kier molecular flexibility index (Phi) is 5.78. The van der Waals surface area contributed by atoms with Crippen LogP contribution in [0.3, 0.4) is 0 Å². The van der Waals surface area contributed by atoms with Crippen molar-refractivity contribution in [3.63, 3.8) is 0 Å². The molecule has 0 N–H and O–H groups in total. The van der Waals surface area contributed by atoms with Crippen LogP contribution in [-0.4, -0.2) is 35.8 Å². The first-order valence-electron chi connectivity index (χ1n) is 5.64. The van der Waals surface area contributed by atoms with Crippen molar-refractivity contribution in [2.45, 2.75) is 55.1 Å². The second-order valence-electron chi connectivity index (χ2n) is 4.51. The number of hydrogen-bond donors (Lipinski definition) is 0. The highest BCUT2D eigenvalue weighted by Gasteiger charge is 2.90. The van der Waals surface area contributed by atoms with Crippen molar-refractivity contribution in [3.8, 4) is 6.07 Å². The molecule has 0 amide bonds. The molecule has 0 saturated heterocycles. The van der Waals surface area contributed by atoms with Crippen LogP contribution >= 0.6 is 0 Å². The molecule has 0 radical (unpaired) electrons. The van der Waals surface area contributed by atoms with Crippen LogP contribution < -0.4 is 0 Å². The summed E-state index contributed by atoms with van der Waals surface area (Å²) in [5.41, 5.74) is 0. The van der Waals surface area contributed by atoms with Crippen LogP contribution in [0.15, 0.2) is 0 Å². The molecule has 24 heavy (non-hydrogen) atoms. The first-order valence-corrected chi connectivity index (χ1v) is 5.64. The molecule has 0 atom stereocenters. The van der Waals surface area contributed by atoms with Gasteiger partial charge in [-0.1, -0.05) is 0 Å². The Morgan fingerprint density at radius 1 is 0.583 bits per heavy atom. The molecule has 142 valence electrons. The lowest BCUT2D eigenvalue weighted by atomic mass is 9.92. The van der Waals surface area contributed by atoms with Crippen LogP contribution in [0.5, 0.6) is 0 Å². The van der Waals surface area contributed by atoms with Crippen molar-refractivity contribution in [2.75, 3.05) is 0 Å². The van der Waals surface area contributed by atoms with Gasteiger partial charge in [-0.2, -0.15) is 62.3 Å². The first kappa shape index (κ1) is 22.6. The molecule has 0 aromatic rings. The van der Waals surface area contributed by atoms with Crippen LogP contribution in [0, 0.1) is 11.3 Å². The number of nitriles is 1. The van der Waals surface area contributed by atoms with Gasteiger partial charge in [-0.15, -0.1) is 0 Å². The largest absolute Gasteiger partial charge is 0.460 e. The minimum absolute atomic E-state index is 0.910. The lowest BCUT2D eigenvalue weighted by Crippen LogP contribution is -2.70. The van der Waals surface area contributed by atoms with Crippen molar-refractivity contribution in [2.24, 2.45) is 0 Å². The molecule has 0 heterocycles. The number of alkyl halides is 13. The third-order valence-electron chi connectivity index (χ3n) is 2.78. The van der Waals surface area contributed by atoms with E-state index >= 15 is 0 Å². The predicted molar refractivity (Wildman–Crippen MR) is 50.3 cm³/mol. The molecule has 0 rings (SSSR count). The van der Waals surface area contributed by atoms with Gasteiger partial charge in [-0.3, -0.25) is 0 Å². The molecule has 0 aromatic carbocycles. The van der Waals surface area contributed by atoms with Crippen LogP contribution in [0.25, 0.3) is 0 Å². The normalized spacial score (nSPS) is 15.3. The standard InChI is InChI=1S/C10H6F13N/c11-5(12,3-1-2-4-24)6(13,14)7(15,16)8(17,18)9(19,20)10(21,22)23/h1-3H2. The van der Waals surface area contributed by atoms with Gasteiger partial charge in [0, 0.05) is 12.8 Å². The highest BCUT2D eigenvalue weighted by molar-refractivity contribution is 5.10. The lowest BCUT2D eigenvalue weighted by molar-refractivity contribution is -0.440. The Labute approximate surface area is 125 Å². The van der Waals surface area contributed by atoms with E-state index in [0.717, 1.165) is 6.07 Å². The van der Waals surface area contributed by atoms with Gasteiger partial charge in [0.25, 0.3) is 0 Å². The van der Waals surface area contributed by atoms with Gasteiger partial charge in [0.05, 0.1) is 6.07 Å². The SMILES string of the molecule is N#CCCCC(F)(F)C(F)(F)C(F)(F)C(F)(F)C(F)(F)C(F)(F)F. The van der Waals surface area contributed by atoms with Gasteiger partial charge >= 0.3 is 35.8 Å². The maximum absolute atomic E-state index is 13.1. The summed E-state index contributed by atoms with van der Waals surface area (Å²) >= 11 is 0. The van der Waals surface area contributed by atoms with E-state index < -0.39 is 55.1 Å². The topological polar surface area (TPSA) is 23.8 Å². The number of halogens is 13. The van der Waals surface area contributed by atoms with E-state index in [1.54, 1.807) is 0 Å². The summed E-state index contributed by atoms with van der Waals surface area (Å²) in [6.07, 6.45) is -11.9. The smallest absolute Gasteiger partial charge is 0.200 e. The number of rotatable bonds is 7. The molecular weight excluding hydrogens is 381 g/mol. The third-order valence-corrected chi connectivity index (χ3v) is 2.78. The Morgan fingerprint density at radius 2 is 0.958 bits per heavy atom. The number of nitrogens with zero attached hydrogens (tertiary/aromatic N) is 1. The van der Waals surface area contributed by atoms with E-state index in [-0.39, 0.29) is 0 Å². The van der Waals surface area contributed by atoms with Crippen molar-refractivity contribution in [1.29, 1.82) is 5.26 Å². The lowest BCUT2D eigenvalue weighted by Gasteiger charge is -2.39. The predicted octanol–water partition coefficient (Wildman–Crippen LogP) is 5.42. The molecule has 0 fully saturated rings. The van der Waals surface area contributed by atoms with E-state index in [1.807, 2.05) is 0 Å². The fourth-order valence-electron chi connectivity index (χ4n) is 1.35. The van der Waals surface area contributed by atoms with E-state index in [9.17, 15) is 57.1 Å². The summed E-state index contributed by atoms with van der Waals surface area (Å²) in [5, 5.41) is 7.98. The quantitative estimate of drug-likeness (QED) is 0.423. The molecule has 0 saturated carbocycles. The molecule has 0 aliphatic rings. The molecular formula is C10H6F13N. The van der Waals surface area contributed by atoms with Crippen molar-refractivity contribution in [1.82, 2.24) is 0 Å². The summed E-state index contributed by atoms with van der Waals surface area (Å²) in [4.78, 5) is 0. The van der Waals surface area contributed by atoms with E-state index in [4.69, 9.17) is 5.26 Å². The molecule has 0 aliphatic carbocycles. The summed E-state index contributed by atoms with van der Waals surface area (Å²) in [6, 6.07) is 1.12. The van der Waals surface area contributed by atoms with E-state index in [2.05, 4.69) is 0 Å². The van der Waals surface area contributed by atoms with Crippen molar-refractivity contribution in [3.05, 3.63) is 0 Å². The Balaban J connectivity index is 5.97. The van der Waals surface area contributed by atoms with Gasteiger partial charge in [-0.05, 0) is 6.42 Å². The second-order valence-corrected chi connectivity index (χ2v) is 4.51. The van der Waals surface area contributed by atoms with Gasteiger partial charge in [-0.25, -0.2) is 0 Å². The van der Waals surface area contributed by atoms with Crippen molar-refractivity contribution < 1.29 is 57.1 Å². The third kappa shape index (κ3) is 3.21. The fraction of sp³-hybridized carbons (Fsp3) is 0.900. The molecule has 1 nitrogen and oxygen atoms in total. The van der Waals surface area contributed by atoms with Gasteiger partial charge in [0.15, 0.2) is 0 Å². The fourth-order valence-corrected chi connectivity index (χ4v) is 1.35.